The van der Waals surface area contributed by atoms with E-state index in [1.54, 1.807) is 0 Å². The largest absolute Gasteiger partial charge is 0.459 e. The Hall–Kier alpha value is -1.72. The summed E-state index contributed by atoms with van der Waals surface area (Å²) in [5, 5.41) is 0. The van der Waals surface area contributed by atoms with Gasteiger partial charge in [0, 0.05) is 38.0 Å². The van der Waals surface area contributed by atoms with Crippen LogP contribution in [-0.2, 0) is 28.7 Å². The van der Waals surface area contributed by atoms with Crippen molar-refractivity contribution < 1.29 is 28.7 Å². The lowest BCUT2D eigenvalue weighted by atomic mass is 9.44. The van der Waals surface area contributed by atoms with Crippen LogP contribution in [0.25, 0.3) is 0 Å². The predicted molar refractivity (Wildman–Crippen MR) is 104 cm³/mol. The highest BCUT2D eigenvalue weighted by Crippen LogP contribution is 2.65. The molecule has 8 atom stereocenters. The number of Topliss-reactive ketones (excluding diaryl/α,β-unsaturated/α-hetero) is 2. The average molecular weight is 405 g/mol. The molecule has 0 spiro atoms. The zero-order chi connectivity index (χ0) is 21.1. The molecule has 6 nitrogen and oxygen atoms in total. The monoisotopic (exact) mass is 404 g/mol. The van der Waals surface area contributed by atoms with Gasteiger partial charge < -0.3 is 9.47 Å². The third kappa shape index (κ3) is 3.14. The van der Waals surface area contributed by atoms with E-state index in [1.807, 2.05) is 0 Å². The van der Waals surface area contributed by atoms with Crippen molar-refractivity contribution in [1.29, 1.82) is 0 Å². The highest BCUT2D eigenvalue weighted by Gasteiger charge is 2.64. The fourth-order valence-corrected chi connectivity index (χ4v) is 7.47. The molecule has 0 N–H and O–H groups in total. The SMILES string of the molecule is CC(=O)O[C@H]1C[C@@H]2C(=O)C[C@@H]3[C@H](CC[C@]4(C)C(=O)CC[C@@H]34)[C@@]2(C)C[C@H]1OC(C)=O. The lowest BCUT2D eigenvalue weighted by Crippen LogP contribution is -2.60. The van der Waals surface area contributed by atoms with Crippen molar-refractivity contribution in [2.45, 2.75) is 84.8 Å². The van der Waals surface area contributed by atoms with Crippen LogP contribution in [0.2, 0.25) is 0 Å². The molecule has 4 saturated carbocycles. The number of ketones is 2. The molecule has 0 bridgehead atoms. The predicted octanol–water partition coefficient (Wildman–Crippen LogP) is 3.25. The van der Waals surface area contributed by atoms with Gasteiger partial charge in [-0.1, -0.05) is 13.8 Å². The molecule has 6 heteroatoms. The molecule has 0 aromatic rings. The summed E-state index contributed by atoms with van der Waals surface area (Å²) < 4.78 is 11.0. The van der Waals surface area contributed by atoms with Crippen molar-refractivity contribution in [2.75, 3.05) is 0 Å². The third-order valence-electron chi connectivity index (χ3n) is 8.77. The lowest BCUT2D eigenvalue weighted by Gasteiger charge is -2.60. The van der Waals surface area contributed by atoms with Gasteiger partial charge in [-0.25, -0.2) is 0 Å². The molecular formula is C23H32O6. The lowest BCUT2D eigenvalue weighted by molar-refractivity contribution is -0.195. The van der Waals surface area contributed by atoms with Crippen LogP contribution in [0.4, 0.5) is 0 Å². The molecule has 0 aliphatic heterocycles. The van der Waals surface area contributed by atoms with Crippen LogP contribution in [0.3, 0.4) is 0 Å². The van der Waals surface area contributed by atoms with Gasteiger partial charge in [0.05, 0.1) is 0 Å². The summed E-state index contributed by atoms with van der Waals surface area (Å²) in [6.45, 7) is 6.97. The number of rotatable bonds is 2. The molecule has 4 fully saturated rings. The molecule has 0 radical (unpaired) electrons. The van der Waals surface area contributed by atoms with E-state index in [0.29, 0.717) is 37.4 Å². The summed E-state index contributed by atoms with van der Waals surface area (Å²) in [5.74, 6) is 0.381. The highest BCUT2D eigenvalue weighted by molar-refractivity contribution is 5.88. The first kappa shape index (κ1) is 20.5. The molecule has 160 valence electrons. The van der Waals surface area contributed by atoms with Crippen molar-refractivity contribution >= 4 is 23.5 Å². The normalized spacial score (nSPS) is 46.3. The minimum Gasteiger partial charge on any atom is -0.459 e. The van der Waals surface area contributed by atoms with Gasteiger partial charge in [0.15, 0.2) is 0 Å². The molecule has 29 heavy (non-hydrogen) atoms. The number of fused-ring (bicyclic) bond motifs is 5. The molecule has 0 aromatic heterocycles. The van der Waals surface area contributed by atoms with Crippen molar-refractivity contribution in [3.63, 3.8) is 0 Å². The van der Waals surface area contributed by atoms with Gasteiger partial charge in [0.1, 0.15) is 23.8 Å². The highest BCUT2D eigenvalue weighted by atomic mass is 16.6. The molecule has 0 heterocycles. The van der Waals surface area contributed by atoms with E-state index in [2.05, 4.69) is 13.8 Å². The van der Waals surface area contributed by atoms with Gasteiger partial charge in [-0.3, -0.25) is 19.2 Å². The second kappa shape index (κ2) is 6.92. The van der Waals surface area contributed by atoms with Crippen LogP contribution in [0.15, 0.2) is 0 Å². The maximum Gasteiger partial charge on any atom is 0.303 e. The van der Waals surface area contributed by atoms with Gasteiger partial charge in [0.2, 0.25) is 0 Å². The number of hydrogen-bond acceptors (Lipinski definition) is 6. The minimum atomic E-state index is -0.572. The van der Waals surface area contributed by atoms with Crippen molar-refractivity contribution in [1.82, 2.24) is 0 Å². The smallest absolute Gasteiger partial charge is 0.303 e. The van der Waals surface area contributed by atoms with E-state index in [9.17, 15) is 19.2 Å². The van der Waals surface area contributed by atoms with Crippen LogP contribution < -0.4 is 0 Å². The van der Waals surface area contributed by atoms with Crippen molar-refractivity contribution in [3.8, 4) is 0 Å². The molecule has 0 aromatic carbocycles. The number of hydrogen-bond donors (Lipinski definition) is 0. The summed E-state index contributed by atoms with van der Waals surface area (Å²) in [6, 6.07) is 0. The Morgan fingerprint density at radius 3 is 2.28 bits per heavy atom. The van der Waals surface area contributed by atoms with Crippen LogP contribution in [0, 0.1) is 34.5 Å². The van der Waals surface area contributed by atoms with E-state index >= 15 is 0 Å². The van der Waals surface area contributed by atoms with Crippen LogP contribution >= 0.6 is 0 Å². The van der Waals surface area contributed by atoms with Crippen LogP contribution in [0.5, 0.6) is 0 Å². The zero-order valence-corrected chi connectivity index (χ0v) is 17.9. The standard InChI is InChI=1S/C23H32O6/c1-12(24)28-19-10-17-18(26)9-14-15-5-6-21(27)22(15,3)8-7-16(14)23(17,4)11-20(19)29-13(2)25/h14-17,19-20H,5-11H2,1-4H3/t14-,15-,16-,17+,19-,20+,22-,23+/m0/s1. The zero-order valence-electron chi connectivity index (χ0n) is 17.9. The Labute approximate surface area is 172 Å². The Balaban J connectivity index is 1.66. The first-order valence-corrected chi connectivity index (χ1v) is 11.0. The molecule has 0 saturated heterocycles. The molecular weight excluding hydrogens is 372 g/mol. The Kier molecular flexibility index (Phi) is 4.90. The quantitative estimate of drug-likeness (QED) is 0.657. The minimum absolute atomic E-state index is 0.193. The van der Waals surface area contributed by atoms with E-state index in [-0.39, 0.29) is 34.4 Å². The fourth-order valence-electron chi connectivity index (χ4n) is 7.47. The Morgan fingerprint density at radius 2 is 1.62 bits per heavy atom. The van der Waals surface area contributed by atoms with Crippen LogP contribution in [0.1, 0.15) is 72.6 Å². The summed E-state index contributed by atoms with van der Waals surface area (Å²) in [4.78, 5) is 49.2. The topological polar surface area (TPSA) is 86.7 Å². The first-order chi connectivity index (χ1) is 13.6. The molecule has 4 aliphatic rings. The van der Waals surface area contributed by atoms with Gasteiger partial charge in [0.25, 0.3) is 0 Å². The van der Waals surface area contributed by atoms with Crippen molar-refractivity contribution in [2.24, 2.45) is 34.5 Å². The molecule has 0 amide bonds. The summed E-state index contributed by atoms with van der Waals surface area (Å²) in [5.41, 5.74) is -0.585. The van der Waals surface area contributed by atoms with E-state index in [0.717, 1.165) is 19.3 Å². The van der Waals surface area contributed by atoms with E-state index in [4.69, 9.17) is 9.47 Å². The number of ether oxygens (including phenoxy) is 2. The first-order valence-electron chi connectivity index (χ1n) is 11.0. The summed E-state index contributed by atoms with van der Waals surface area (Å²) in [7, 11) is 0. The molecule has 0 unspecified atom stereocenters. The summed E-state index contributed by atoms with van der Waals surface area (Å²) in [6.07, 6.45) is 3.67. The van der Waals surface area contributed by atoms with Gasteiger partial charge in [-0.2, -0.15) is 0 Å². The van der Waals surface area contributed by atoms with Crippen LogP contribution in [-0.4, -0.2) is 35.7 Å². The number of esters is 2. The maximum atomic E-state index is 13.3. The van der Waals surface area contributed by atoms with E-state index < -0.39 is 24.1 Å². The second-order valence-corrected chi connectivity index (χ2v) is 10.3. The van der Waals surface area contributed by atoms with E-state index in [1.165, 1.54) is 13.8 Å². The third-order valence-corrected chi connectivity index (χ3v) is 8.77. The molecule has 4 rings (SSSR count). The second-order valence-electron chi connectivity index (χ2n) is 10.3. The Bertz CT molecular complexity index is 758. The fraction of sp³-hybridized carbons (Fsp3) is 0.826. The van der Waals surface area contributed by atoms with Gasteiger partial charge in [-0.15, -0.1) is 0 Å². The maximum absolute atomic E-state index is 13.3. The molecule has 4 aliphatic carbocycles. The number of carbonyl (C=O) groups is 4. The van der Waals surface area contributed by atoms with Gasteiger partial charge in [-0.05, 0) is 55.3 Å². The average Bonchev–Trinajstić information content (AvgIpc) is 2.91. The summed E-state index contributed by atoms with van der Waals surface area (Å²) >= 11 is 0. The Morgan fingerprint density at radius 1 is 0.966 bits per heavy atom. The number of carbonyl (C=O) groups excluding carboxylic acids is 4. The van der Waals surface area contributed by atoms with Gasteiger partial charge >= 0.3 is 11.9 Å². The van der Waals surface area contributed by atoms with Crippen molar-refractivity contribution in [3.05, 3.63) is 0 Å².